The van der Waals surface area contributed by atoms with E-state index in [4.69, 9.17) is 9.47 Å². The molecule has 1 aromatic carbocycles. The van der Waals surface area contributed by atoms with Crippen LogP contribution in [-0.2, 0) is 0 Å². The zero-order valence-corrected chi connectivity index (χ0v) is 14.0. The molecule has 0 aliphatic heterocycles. The van der Waals surface area contributed by atoms with Crippen LogP contribution in [0, 0.1) is 0 Å². The highest BCUT2D eigenvalue weighted by Crippen LogP contribution is 2.43. The summed E-state index contributed by atoms with van der Waals surface area (Å²) in [5.41, 5.74) is 3.13. The second-order valence-corrected chi connectivity index (χ2v) is 5.82. The Morgan fingerprint density at radius 3 is 1.77 bits per heavy atom. The minimum Gasteiger partial charge on any atom is -0.496 e. The van der Waals surface area contributed by atoms with E-state index in [-0.39, 0.29) is 5.92 Å². The molecule has 0 aliphatic rings. The molecule has 0 saturated carbocycles. The zero-order chi connectivity index (χ0) is 15.5. The Morgan fingerprint density at radius 1 is 0.909 bits per heavy atom. The van der Waals surface area contributed by atoms with E-state index in [0.717, 1.165) is 32.9 Å². The SMILES string of the molecule is COc1cc(Br)cc(OC)c1C(c1ccc[nH]1)c1ccc[nH]1. The number of ether oxygens (including phenoxy) is 2. The number of halogens is 1. The minimum atomic E-state index is -0.0250. The highest BCUT2D eigenvalue weighted by atomic mass is 79.9. The Bertz CT molecular complexity index is 677. The molecule has 4 nitrogen and oxygen atoms in total. The van der Waals surface area contributed by atoms with Crippen molar-refractivity contribution in [3.63, 3.8) is 0 Å². The van der Waals surface area contributed by atoms with Crippen LogP contribution in [0.2, 0.25) is 0 Å². The number of aromatic amines is 2. The van der Waals surface area contributed by atoms with Crippen LogP contribution in [0.3, 0.4) is 0 Å². The lowest BCUT2D eigenvalue weighted by atomic mass is 9.91. The van der Waals surface area contributed by atoms with Crippen LogP contribution in [-0.4, -0.2) is 24.2 Å². The maximum Gasteiger partial charge on any atom is 0.127 e. The van der Waals surface area contributed by atoms with Gasteiger partial charge in [-0.2, -0.15) is 0 Å². The number of methoxy groups -OCH3 is 2. The highest BCUT2D eigenvalue weighted by molar-refractivity contribution is 9.10. The third kappa shape index (κ3) is 2.64. The van der Waals surface area contributed by atoms with Crippen LogP contribution in [0.5, 0.6) is 11.5 Å². The van der Waals surface area contributed by atoms with Crippen LogP contribution in [0.1, 0.15) is 22.9 Å². The molecule has 0 atom stereocenters. The number of H-pyrrole nitrogens is 2. The van der Waals surface area contributed by atoms with Gasteiger partial charge in [0.1, 0.15) is 11.5 Å². The summed E-state index contributed by atoms with van der Waals surface area (Å²) in [5, 5.41) is 0. The van der Waals surface area contributed by atoms with Crippen molar-refractivity contribution in [3.8, 4) is 11.5 Å². The van der Waals surface area contributed by atoms with Crippen LogP contribution < -0.4 is 9.47 Å². The van der Waals surface area contributed by atoms with Gasteiger partial charge in [0.05, 0.1) is 25.7 Å². The number of hydrogen-bond donors (Lipinski definition) is 2. The van der Waals surface area contributed by atoms with Gasteiger partial charge in [-0.05, 0) is 36.4 Å². The molecule has 22 heavy (non-hydrogen) atoms. The molecule has 0 aliphatic carbocycles. The number of rotatable bonds is 5. The predicted octanol–water partition coefficient (Wildman–Crippen LogP) is 4.30. The van der Waals surface area contributed by atoms with Crippen molar-refractivity contribution in [2.45, 2.75) is 5.92 Å². The number of aromatic nitrogens is 2. The van der Waals surface area contributed by atoms with Gasteiger partial charge in [0.2, 0.25) is 0 Å². The van der Waals surface area contributed by atoms with Crippen molar-refractivity contribution in [1.29, 1.82) is 0 Å². The Kier molecular flexibility index (Phi) is 4.24. The Labute approximate surface area is 137 Å². The standard InChI is InChI=1S/C17H17BrN2O2/c1-21-14-9-11(18)10-15(22-2)17(14)16(12-5-3-7-19-12)13-6-4-8-20-13/h3-10,16,19-20H,1-2H3. The lowest BCUT2D eigenvalue weighted by Gasteiger charge is -2.21. The second kappa shape index (κ2) is 6.32. The Hall–Kier alpha value is -2.14. The van der Waals surface area contributed by atoms with Crippen molar-refractivity contribution >= 4 is 15.9 Å². The van der Waals surface area contributed by atoms with E-state index in [1.54, 1.807) is 14.2 Å². The molecule has 0 unspecified atom stereocenters. The maximum atomic E-state index is 5.61. The van der Waals surface area contributed by atoms with Crippen molar-refractivity contribution in [2.24, 2.45) is 0 Å². The summed E-state index contributed by atoms with van der Waals surface area (Å²) >= 11 is 3.50. The second-order valence-electron chi connectivity index (χ2n) is 4.91. The predicted molar refractivity (Wildman–Crippen MR) is 89.8 cm³/mol. The fourth-order valence-electron chi connectivity index (χ4n) is 2.72. The van der Waals surface area contributed by atoms with Gasteiger partial charge in [0.25, 0.3) is 0 Å². The molecule has 3 rings (SSSR count). The summed E-state index contributed by atoms with van der Waals surface area (Å²) in [6.45, 7) is 0. The van der Waals surface area contributed by atoms with Gasteiger partial charge >= 0.3 is 0 Å². The smallest absolute Gasteiger partial charge is 0.127 e. The normalized spacial score (nSPS) is 10.9. The van der Waals surface area contributed by atoms with Crippen molar-refractivity contribution < 1.29 is 9.47 Å². The van der Waals surface area contributed by atoms with E-state index in [0.29, 0.717) is 0 Å². The fraction of sp³-hybridized carbons (Fsp3) is 0.176. The van der Waals surface area contributed by atoms with Gasteiger partial charge < -0.3 is 19.4 Å². The molecule has 0 spiro atoms. The molecule has 3 aromatic rings. The lowest BCUT2D eigenvalue weighted by Crippen LogP contribution is -2.08. The molecule has 0 saturated heterocycles. The Balaban J connectivity index is 2.25. The molecule has 2 aromatic heterocycles. The van der Waals surface area contributed by atoms with Gasteiger partial charge in [-0.15, -0.1) is 0 Å². The summed E-state index contributed by atoms with van der Waals surface area (Å²) in [6.07, 6.45) is 3.84. The summed E-state index contributed by atoms with van der Waals surface area (Å²) < 4.78 is 12.1. The average Bonchev–Trinajstić information content (AvgIpc) is 3.22. The number of benzene rings is 1. The molecule has 0 amide bonds. The molecule has 2 heterocycles. The van der Waals surface area contributed by atoms with E-state index in [1.165, 1.54) is 0 Å². The average molecular weight is 361 g/mol. The van der Waals surface area contributed by atoms with Gasteiger partial charge in [-0.25, -0.2) is 0 Å². The minimum absolute atomic E-state index is 0.0250. The quantitative estimate of drug-likeness (QED) is 0.712. The van der Waals surface area contributed by atoms with Crippen LogP contribution in [0.15, 0.2) is 53.3 Å². The molecule has 2 N–H and O–H groups in total. The van der Waals surface area contributed by atoms with Gasteiger partial charge in [-0.1, -0.05) is 15.9 Å². The summed E-state index contributed by atoms with van der Waals surface area (Å²) in [5.74, 6) is 1.53. The van der Waals surface area contributed by atoms with Crippen LogP contribution in [0.25, 0.3) is 0 Å². The fourth-order valence-corrected chi connectivity index (χ4v) is 3.13. The first kappa shape index (κ1) is 14.8. The van der Waals surface area contributed by atoms with E-state index >= 15 is 0 Å². The summed E-state index contributed by atoms with van der Waals surface area (Å²) in [6, 6.07) is 12.0. The maximum absolute atomic E-state index is 5.61. The molecule has 0 radical (unpaired) electrons. The van der Waals surface area contributed by atoms with Gasteiger partial charge in [0.15, 0.2) is 0 Å². The van der Waals surface area contributed by atoms with Crippen molar-refractivity contribution in [2.75, 3.05) is 14.2 Å². The van der Waals surface area contributed by atoms with Crippen molar-refractivity contribution in [1.82, 2.24) is 9.97 Å². The first-order valence-corrected chi connectivity index (χ1v) is 7.72. The summed E-state index contributed by atoms with van der Waals surface area (Å²) in [7, 11) is 3.34. The molecule has 0 fully saturated rings. The Morgan fingerprint density at radius 2 is 1.41 bits per heavy atom. The number of hydrogen-bond acceptors (Lipinski definition) is 2. The summed E-state index contributed by atoms with van der Waals surface area (Å²) in [4.78, 5) is 6.60. The highest BCUT2D eigenvalue weighted by Gasteiger charge is 2.26. The zero-order valence-electron chi connectivity index (χ0n) is 12.4. The number of nitrogens with one attached hydrogen (secondary N) is 2. The largest absolute Gasteiger partial charge is 0.496 e. The molecular formula is C17H17BrN2O2. The van der Waals surface area contributed by atoms with Gasteiger partial charge in [0, 0.05) is 28.3 Å². The van der Waals surface area contributed by atoms with E-state index < -0.39 is 0 Å². The van der Waals surface area contributed by atoms with Crippen LogP contribution >= 0.6 is 15.9 Å². The van der Waals surface area contributed by atoms with E-state index in [9.17, 15) is 0 Å². The molecule has 0 bridgehead atoms. The van der Waals surface area contributed by atoms with Crippen molar-refractivity contribution in [3.05, 3.63) is 70.2 Å². The topological polar surface area (TPSA) is 50.0 Å². The molecule has 114 valence electrons. The first-order chi connectivity index (χ1) is 10.7. The van der Waals surface area contributed by atoms with E-state index in [1.807, 2.05) is 36.7 Å². The molecular weight excluding hydrogens is 344 g/mol. The third-order valence-corrected chi connectivity index (χ3v) is 4.12. The molecule has 5 heteroatoms. The first-order valence-electron chi connectivity index (χ1n) is 6.92. The third-order valence-electron chi connectivity index (χ3n) is 3.66. The van der Waals surface area contributed by atoms with E-state index in [2.05, 4.69) is 38.0 Å². The van der Waals surface area contributed by atoms with Gasteiger partial charge in [-0.3, -0.25) is 0 Å². The van der Waals surface area contributed by atoms with Crippen LogP contribution in [0.4, 0.5) is 0 Å². The lowest BCUT2D eigenvalue weighted by molar-refractivity contribution is 0.383. The monoisotopic (exact) mass is 360 g/mol.